The Morgan fingerprint density at radius 1 is 1.53 bits per heavy atom. The largest absolute Gasteiger partial charge is 0.397 e. The maximum atomic E-state index is 12.0. The van der Waals surface area contributed by atoms with E-state index in [1.54, 1.807) is 19.2 Å². The second-order valence-corrected chi connectivity index (χ2v) is 5.10. The normalized spacial score (nSPS) is 11.3. The van der Waals surface area contributed by atoms with Crippen molar-refractivity contribution < 1.29 is 4.79 Å². The minimum atomic E-state index is -0.108. The smallest absolute Gasteiger partial charge is 0.253 e. The molecular weight excluding hydrogens is 214 g/mol. The molecular formula is C13H21N3O. The molecule has 0 radical (unpaired) electrons. The molecule has 17 heavy (non-hydrogen) atoms. The third kappa shape index (κ3) is 3.73. The molecule has 1 heterocycles. The van der Waals surface area contributed by atoms with E-state index >= 15 is 0 Å². The Hall–Kier alpha value is -1.58. The maximum Gasteiger partial charge on any atom is 0.253 e. The summed E-state index contributed by atoms with van der Waals surface area (Å²) in [6.45, 7) is 8.81. The van der Waals surface area contributed by atoms with Crippen molar-refractivity contribution in [2.75, 3.05) is 12.3 Å². The Balaban J connectivity index is 2.74. The number of amides is 1. The van der Waals surface area contributed by atoms with Gasteiger partial charge in [-0.2, -0.15) is 0 Å². The number of nitrogens with two attached hydrogens (primary N) is 1. The molecule has 0 saturated carbocycles. The highest BCUT2D eigenvalue weighted by Gasteiger charge is 2.17. The van der Waals surface area contributed by atoms with Crippen LogP contribution in [0, 0.1) is 12.3 Å². The van der Waals surface area contributed by atoms with E-state index in [-0.39, 0.29) is 11.3 Å². The number of nitrogens with one attached hydrogen (secondary N) is 1. The van der Waals surface area contributed by atoms with Crippen molar-refractivity contribution in [2.45, 2.75) is 34.1 Å². The molecule has 3 N–H and O–H groups in total. The van der Waals surface area contributed by atoms with Gasteiger partial charge in [0.05, 0.1) is 23.1 Å². The van der Waals surface area contributed by atoms with Crippen LogP contribution in [0.15, 0.2) is 12.3 Å². The van der Waals surface area contributed by atoms with Crippen LogP contribution in [0.25, 0.3) is 0 Å². The number of nitrogen functional groups attached to an aromatic ring is 1. The first kappa shape index (κ1) is 13.5. The zero-order valence-electron chi connectivity index (χ0n) is 11.0. The molecule has 1 aromatic rings. The second kappa shape index (κ2) is 5.17. The van der Waals surface area contributed by atoms with E-state index in [2.05, 4.69) is 31.1 Å². The van der Waals surface area contributed by atoms with Gasteiger partial charge in [0.1, 0.15) is 0 Å². The van der Waals surface area contributed by atoms with Crippen LogP contribution in [-0.4, -0.2) is 17.4 Å². The molecule has 0 aliphatic carbocycles. The minimum Gasteiger partial charge on any atom is -0.397 e. The van der Waals surface area contributed by atoms with E-state index < -0.39 is 0 Å². The van der Waals surface area contributed by atoms with Gasteiger partial charge in [-0.15, -0.1) is 0 Å². The Morgan fingerprint density at radius 3 is 2.76 bits per heavy atom. The fraction of sp³-hybridized carbons (Fsp3) is 0.538. The number of aromatic nitrogens is 1. The van der Waals surface area contributed by atoms with Gasteiger partial charge < -0.3 is 11.1 Å². The molecule has 0 saturated heterocycles. The summed E-state index contributed by atoms with van der Waals surface area (Å²) < 4.78 is 0. The van der Waals surface area contributed by atoms with Crippen LogP contribution in [0.1, 0.15) is 43.2 Å². The number of hydrogen-bond donors (Lipinski definition) is 2. The van der Waals surface area contributed by atoms with Crippen LogP contribution >= 0.6 is 0 Å². The number of carbonyl (C=O) groups excluding carboxylic acids is 1. The number of aryl methyl sites for hydroxylation is 1. The minimum absolute atomic E-state index is 0.108. The summed E-state index contributed by atoms with van der Waals surface area (Å²) in [5.41, 5.74) is 7.50. The van der Waals surface area contributed by atoms with E-state index in [0.29, 0.717) is 23.5 Å². The van der Waals surface area contributed by atoms with Crippen LogP contribution in [0.4, 0.5) is 5.69 Å². The van der Waals surface area contributed by atoms with Crippen LogP contribution < -0.4 is 11.1 Å². The first-order valence-electron chi connectivity index (χ1n) is 5.86. The van der Waals surface area contributed by atoms with E-state index in [0.717, 1.165) is 6.42 Å². The van der Waals surface area contributed by atoms with Crippen LogP contribution in [0.5, 0.6) is 0 Å². The highest BCUT2D eigenvalue weighted by molar-refractivity contribution is 5.95. The molecule has 0 aromatic carbocycles. The Morgan fingerprint density at radius 2 is 2.18 bits per heavy atom. The van der Waals surface area contributed by atoms with Gasteiger partial charge in [-0.3, -0.25) is 9.78 Å². The molecule has 0 unspecified atom stereocenters. The molecule has 4 nitrogen and oxygen atoms in total. The summed E-state index contributed by atoms with van der Waals surface area (Å²) >= 11 is 0. The van der Waals surface area contributed by atoms with Crippen molar-refractivity contribution in [3.05, 3.63) is 23.5 Å². The predicted molar refractivity (Wildman–Crippen MR) is 69.8 cm³/mol. The third-order valence-corrected chi connectivity index (χ3v) is 3.04. The number of pyridine rings is 1. The quantitative estimate of drug-likeness (QED) is 0.840. The van der Waals surface area contributed by atoms with Gasteiger partial charge in [-0.1, -0.05) is 20.8 Å². The lowest BCUT2D eigenvalue weighted by Crippen LogP contribution is -2.34. The molecule has 0 spiro atoms. The number of hydrogen-bond acceptors (Lipinski definition) is 3. The van der Waals surface area contributed by atoms with Gasteiger partial charge in [0.15, 0.2) is 0 Å². The fourth-order valence-corrected chi connectivity index (χ4v) is 1.32. The molecule has 0 bridgehead atoms. The summed E-state index contributed by atoms with van der Waals surface area (Å²) in [7, 11) is 0. The van der Waals surface area contributed by atoms with Gasteiger partial charge >= 0.3 is 0 Å². The molecule has 1 aromatic heterocycles. The summed E-state index contributed by atoms with van der Waals surface area (Å²) in [6, 6.07) is 1.66. The molecule has 94 valence electrons. The van der Waals surface area contributed by atoms with Gasteiger partial charge in [0.25, 0.3) is 5.91 Å². The van der Waals surface area contributed by atoms with Crippen molar-refractivity contribution in [3.63, 3.8) is 0 Å². The fourth-order valence-electron chi connectivity index (χ4n) is 1.32. The topological polar surface area (TPSA) is 68.0 Å². The van der Waals surface area contributed by atoms with Crippen LogP contribution in [0.3, 0.4) is 0 Å². The van der Waals surface area contributed by atoms with Crippen molar-refractivity contribution in [1.82, 2.24) is 10.3 Å². The molecule has 1 rings (SSSR count). The predicted octanol–water partition coefficient (Wildman–Crippen LogP) is 2.14. The second-order valence-electron chi connectivity index (χ2n) is 5.10. The number of carbonyl (C=O) groups is 1. The summed E-state index contributed by atoms with van der Waals surface area (Å²) in [5.74, 6) is -0.108. The SMILES string of the molecule is CCC(C)(C)CNC(=O)c1cc(N)cnc1C. The lowest BCUT2D eigenvalue weighted by atomic mass is 9.90. The molecule has 0 atom stereocenters. The highest BCUT2D eigenvalue weighted by atomic mass is 16.1. The molecule has 0 aliphatic heterocycles. The van der Waals surface area contributed by atoms with Crippen LogP contribution in [0.2, 0.25) is 0 Å². The summed E-state index contributed by atoms with van der Waals surface area (Å²) in [5, 5.41) is 2.92. The first-order chi connectivity index (χ1) is 7.85. The number of rotatable bonds is 4. The monoisotopic (exact) mass is 235 g/mol. The van der Waals surface area contributed by atoms with E-state index in [4.69, 9.17) is 5.73 Å². The van der Waals surface area contributed by atoms with Crippen molar-refractivity contribution in [2.24, 2.45) is 5.41 Å². The maximum absolute atomic E-state index is 12.0. The van der Waals surface area contributed by atoms with Crippen molar-refractivity contribution in [3.8, 4) is 0 Å². The van der Waals surface area contributed by atoms with E-state index in [1.807, 2.05) is 0 Å². The van der Waals surface area contributed by atoms with Gasteiger partial charge in [0.2, 0.25) is 0 Å². The Bertz CT molecular complexity index is 413. The Kier molecular flexibility index (Phi) is 4.10. The Labute approximate surface area is 103 Å². The summed E-state index contributed by atoms with van der Waals surface area (Å²) in [6.07, 6.45) is 2.57. The zero-order chi connectivity index (χ0) is 13.1. The van der Waals surface area contributed by atoms with Crippen LogP contribution in [-0.2, 0) is 0 Å². The van der Waals surface area contributed by atoms with E-state index in [9.17, 15) is 4.79 Å². The number of anilines is 1. The lowest BCUT2D eigenvalue weighted by Gasteiger charge is -2.23. The molecule has 0 fully saturated rings. The zero-order valence-corrected chi connectivity index (χ0v) is 11.0. The van der Waals surface area contributed by atoms with E-state index in [1.165, 1.54) is 0 Å². The first-order valence-corrected chi connectivity index (χ1v) is 5.86. The van der Waals surface area contributed by atoms with Gasteiger partial charge in [-0.05, 0) is 24.8 Å². The lowest BCUT2D eigenvalue weighted by molar-refractivity contribution is 0.0934. The standard InChI is InChI=1S/C13H21N3O/c1-5-13(3,4)8-16-12(17)11-6-10(14)7-15-9(11)2/h6-7H,5,8,14H2,1-4H3,(H,16,17). The highest BCUT2D eigenvalue weighted by Crippen LogP contribution is 2.18. The number of nitrogens with zero attached hydrogens (tertiary/aromatic N) is 1. The average Bonchev–Trinajstić information content (AvgIpc) is 2.29. The molecule has 4 heteroatoms. The van der Waals surface area contributed by atoms with Crippen molar-refractivity contribution >= 4 is 11.6 Å². The van der Waals surface area contributed by atoms with Gasteiger partial charge in [0, 0.05) is 6.54 Å². The molecule has 0 aliphatic rings. The summed E-state index contributed by atoms with van der Waals surface area (Å²) in [4.78, 5) is 16.1. The third-order valence-electron chi connectivity index (χ3n) is 3.04. The van der Waals surface area contributed by atoms with Gasteiger partial charge in [-0.25, -0.2) is 0 Å². The van der Waals surface area contributed by atoms with Crippen molar-refractivity contribution in [1.29, 1.82) is 0 Å². The average molecular weight is 235 g/mol. The molecule has 1 amide bonds.